The highest BCUT2D eigenvalue weighted by molar-refractivity contribution is 4.94. The molecule has 1 aromatic rings. The third-order valence-electron chi connectivity index (χ3n) is 3.70. The number of aromatic nitrogens is 3. The molecule has 0 spiro atoms. The van der Waals surface area contributed by atoms with Gasteiger partial charge in [0.15, 0.2) is 0 Å². The Bertz CT molecular complexity index is 349. The van der Waals surface area contributed by atoms with Crippen molar-refractivity contribution < 1.29 is 0 Å². The van der Waals surface area contributed by atoms with Crippen molar-refractivity contribution in [1.82, 2.24) is 19.9 Å². The fourth-order valence-electron chi connectivity index (χ4n) is 2.54. The first-order valence-electron chi connectivity index (χ1n) is 6.21. The Kier molecular flexibility index (Phi) is 2.65. The van der Waals surface area contributed by atoms with E-state index in [4.69, 9.17) is 5.73 Å². The molecule has 0 bridgehead atoms. The molecule has 5 heteroatoms. The molecule has 16 heavy (non-hydrogen) atoms. The maximum atomic E-state index is 5.54. The monoisotopic (exact) mass is 221 g/mol. The van der Waals surface area contributed by atoms with Crippen molar-refractivity contribution in [2.75, 3.05) is 13.1 Å². The molecule has 3 rings (SSSR count). The quantitative estimate of drug-likeness (QED) is 0.809. The van der Waals surface area contributed by atoms with E-state index >= 15 is 0 Å². The lowest BCUT2D eigenvalue weighted by Crippen LogP contribution is -2.36. The van der Waals surface area contributed by atoms with Crippen molar-refractivity contribution in [1.29, 1.82) is 0 Å². The van der Waals surface area contributed by atoms with Gasteiger partial charge >= 0.3 is 0 Å². The molecule has 1 aromatic heterocycles. The number of rotatable bonds is 3. The minimum atomic E-state index is 0.487. The van der Waals surface area contributed by atoms with E-state index in [0.717, 1.165) is 11.7 Å². The van der Waals surface area contributed by atoms with E-state index in [1.54, 1.807) is 0 Å². The van der Waals surface area contributed by atoms with Crippen LogP contribution in [-0.4, -0.2) is 39.0 Å². The zero-order chi connectivity index (χ0) is 11.0. The van der Waals surface area contributed by atoms with Crippen LogP contribution in [0.3, 0.4) is 0 Å². The summed E-state index contributed by atoms with van der Waals surface area (Å²) in [6.45, 7) is 2.92. The van der Waals surface area contributed by atoms with Gasteiger partial charge in [-0.3, -0.25) is 0 Å². The predicted molar refractivity (Wildman–Crippen MR) is 60.8 cm³/mol. The Morgan fingerprint density at radius 1 is 1.19 bits per heavy atom. The van der Waals surface area contributed by atoms with Gasteiger partial charge in [-0.1, -0.05) is 5.21 Å². The predicted octanol–water partition coefficient (Wildman–Crippen LogP) is 0.536. The molecule has 0 amide bonds. The lowest BCUT2D eigenvalue weighted by Gasteiger charge is -2.31. The summed E-state index contributed by atoms with van der Waals surface area (Å²) >= 11 is 0. The normalized spacial score (nSPS) is 23.8. The Balaban J connectivity index is 1.60. The van der Waals surface area contributed by atoms with Crippen LogP contribution in [0.1, 0.15) is 37.4 Å². The second kappa shape index (κ2) is 4.14. The first kappa shape index (κ1) is 10.2. The van der Waals surface area contributed by atoms with E-state index in [1.807, 2.05) is 10.9 Å². The second-order valence-electron chi connectivity index (χ2n) is 4.89. The minimum Gasteiger partial charge on any atom is -0.325 e. The maximum Gasteiger partial charge on any atom is 0.0962 e. The van der Waals surface area contributed by atoms with Crippen molar-refractivity contribution in [3.8, 4) is 0 Å². The summed E-state index contributed by atoms with van der Waals surface area (Å²) < 4.78 is 2.01. The molecule has 1 aliphatic carbocycles. The smallest absolute Gasteiger partial charge is 0.0962 e. The Hall–Kier alpha value is -0.940. The van der Waals surface area contributed by atoms with Crippen molar-refractivity contribution >= 4 is 0 Å². The van der Waals surface area contributed by atoms with Crippen molar-refractivity contribution in [3.05, 3.63) is 11.9 Å². The summed E-state index contributed by atoms with van der Waals surface area (Å²) in [6, 6.07) is 1.43. The van der Waals surface area contributed by atoms with Crippen molar-refractivity contribution in [2.24, 2.45) is 5.73 Å². The molecule has 0 atom stereocenters. The lowest BCUT2D eigenvalue weighted by atomic mass is 10.1. The van der Waals surface area contributed by atoms with Crippen LogP contribution < -0.4 is 5.73 Å². The topological polar surface area (TPSA) is 60.0 Å². The molecule has 2 fully saturated rings. The average Bonchev–Trinajstić information content (AvgIpc) is 3.07. The highest BCUT2D eigenvalue weighted by atomic mass is 15.4. The van der Waals surface area contributed by atoms with Crippen LogP contribution in [0, 0.1) is 0 Å². The van der Waals surface area contributed by atoms with E-state index in [1.165, 1.54) is 38.8 Å². The molecule has 2 N–H and O–H groups in total. The van der Waals surface area contributed by atoms with Gasteiger partial charge in [0.05, 0.1) is 17.9 Å². The summed E-state index contributed by atoms with van der Waals surface area (Å²) in [4.78, 5) is 2.62. The van der Waals surface area contributed by atoms with E-state index in [-0.39, 0.29) is 0 Å². The average molecular weight is 221 g/mol. The first-order chi connectivity index (χ1) is 7.86. The van der Waals surface area contributed by atoms with Gasteiger partial charge < -0.3 is 10.6 Å². The molecular weight excluding hydrogens is 202 g/mol. The van der Waals surface area contributed by atoms with Gasteiger partial charge in [0.1, 0.15) is 0 Å². The van der Waals surface area contributed by atoms with E-state index in [9.17, 15) is 0 Å². The Labute approximate surface area is 95.6 Å². The van der Waals surface area contributed by atoms with Gasteiger partial charge in [0.2, 0.25) is 0 Å². The van der Waals surface area contributed by atoms with Crippen LogP contribution in [-0.2, 0) is 6.54 Å². The lowest BCUT2D eigenvalue weighted by molar-refractivity contribution is 0.171. The van der Waals surface area contributed by atoms with Gasteiger partial charge in [-0.2, -0.15) is 0 Å². The molecule has 2 heterocycles. The minimum absolute atomic E-state index is 0.487. The van der Waals surface area contributed by atoms with Crippen LogP contribution in [0.2, 0.25) is 0 Å². The number of hydrogen-bond donors (Lipinski definition) is 1. The van der Waals surface area contributed by atoms with E-state index in [0.29, 0.717) is 12.6 Å². The molecule has 0 radical (unpaired) electrons. The highest BCUT2D eigenvalue weighted by Crippen LogP contribution is 2.31. The molecule has 1 saturated heterocycles. The van der Waals surface area contributed by atoms with Crippen LogP contribution in [0.5, 0.6) is 0 Å². The van der Waals surface area contributed by atoms with Gasteiger partial charge in [-0.25, -0.2) is 4.68 Å². The molecule has 5 nitrogen and oxygen atoms in total. The van der Waals surface area contributed by atoms with Crippen LogP contribution in [0.4, 0.5) is 0 Å². The van der Waals surface area contributed by atoms with Gasteiger partial charge in [0, 0.05) is 25.7 Å². The third kappa shape index (κ3) is 1.97. The molecule has 1 saturated carbocycles. The molecule has 0 aromatic carbocycles. The number of nitrogens with two attached hydrogens (primary N) is 1. The number of hydrogen-bond acceptors (Lipinski definition) is 4. The van der Waals surface area contributed by atoms with Crippen molar-refractivity contribution in [3.63, 3.8) is 0 Å². The summed E-state index contributed by atoms with van der Waals surface area (Å²) in [5.41, 5.74) is 6.43. The largest absolute Gasteiger partial charge is 0.325 e. The Morgan fingerprint density at radius 3 is 2.50 bits per heavy atom. The first-order valence-corrected chi connectivity index (χ1v) is 6.21. The van der Waals surface area contributed by atoms with E-state index < -0.39 is 0 Å². The second-order valence-corrected chi connectivity index (χ2v) is 4.89. The SMILES string of the molecule is NCc1cn(C2CCN(C3CC3)CC2)nn1. The number of likely N-dealkylation sites (tertiary alicyclic amines) is 1. The van der Waals surface area contributed by atoms with Crippen molar-refractivity contribution in [2.45, 2.75) is 44.3 Å². The van der Waals surface area contributed by atoms with Gasteiger partial charge in [0.25, 0.3) is 0 Å². The summed E-state index contributed by atoms with van der Waals surface area (Å²) in [5.74, 6) is 0. The summed E-state index contributed by atoms with van der Waals surface area (Å²) in [6.07, 6.45) is 7.21. The number of nitrogens with zero attached hydrogens (tertiary/aromatic N) is 4. The fraction of sp³-hybridized carbons (Fsp3) is 0.818. The van der Waals surface area contributed by atoms with E-state index in [2.05, 4.69) is 15.2 Å². The molecule has 88 valence electrons. The van der Waals surface area contributed by atoms with Crippen LogP contribution in [0.15, 0.2) is 6.20 Å². The summed E-state index contributed by atoms with van der Waals surface area (Å²) in [5, 5.41) is 8.22. The number of piperidine rings is 1. The van der Waals surface area contributed by atoms with Gasteiger partial charge in [-0.05, 0) is 25.7 Å². The highest BCUT2D eigenvalue weighted by Gasteiger charge is 2.32. The zero-order valence-electron chi connectivity index (χ0n) is 9.55. The maximum absolute atomic E-state index is 5.54. The molecule has 0 unspecified atom stereocenters. The van der Waals surface area contributed by atoms with Gasteiger partial charge in [-0.15, -0.1) is 5.10 Å². The fourth-order valence-corrected chi connectivity index (χ4v) is 2.54. The third-order valence-corrected chi connectivity index (χ3v) is 3.70. The molecule has 1 aliphatic heterocycles. The van der Waals surface area contributed by atoms with Crippen LogP contribution in [0.25, 0.3) is 0 Å². The Morgan fingerprint density at radius 2 is 1.94 bits per heavy atom. The standard InChI is InChI=1S/C11H19N5/c12-7-9-8-16(14-13-9)11-3-5-15(6-4-11)10-1-2-10/h8,10-11H,1-7,12H2. The zero-order valence-corrected chi connectivity index (χ0v) is 9.55. The molecule has 2 aliphatic rings. The summed E-state index contributed by atoms with van der Waals surface area (Å²) in [7, 11) is 0. The van der Waals surface area contributed by atoms with Crippen LogP contribution >= 0.6 is 0 Å². The molecular formula is C11H19N5.